The van der Waals surface area contributed by atoms with Gasteiger partial charge in [-0.2, -0.15) is 0 Å². The van der Waals surface area contributed by atoms with E-state index in [1.54, 1.807) is 37.3 Å². The van der Waals surface area contributed by atoms with Gasteiger partial charge in [0.15, 0.2) is 0 Å². The number of anilines is 1. The van der Waals surface area contributed by atoms with E-state index in [0.717, 1.165) is 30.5 Å². The van der Waals surface area contributed by atoms with E-state index < -0.39 is 10.0 Å². The van der Waals surface area contributed by atoms with Gasteiger partial charge in [0.25, 0.3) is 0 Å². The van der Waals surface area contributed by atoms with Crippen LogP contribution in [-0.4, -0.2) is 58.0 Å². The van der Waals surface area contributed by atoms with E-state index in [1.165, 1.54) is 11.3 Å². The second-order valence-corrected chi connectivity index (χ2v) is 11.1. The zero-order valence-electron chi connectivity index (χ0n) is 19.2. The molecule has 3 rings (SSSR count). The van der Waals surface area contributed by atoms with Crippen molar-refractivity contribution in [2.75, 3.05) is 38.1 Å². The molecule has 2 aromatic rings. The van der Waals surface area contributed by atoms with Crippen LogP contribution in [0.5, 0.6) is 0 Å². The van der Waals surface area contributed by atoms with Gasteiger partial charge in [0.2, 0.25) is 15.9 Å². The van der Waals surface area contributed by atoms with Gasteiger partial charge in [-0.05, 0) is 69.8 Å². The smallest absolute Gasteiger partial charge is 0.348 e. The molecule has 1 saturated heterocycles. The first-order valence-corrected chi connectivity index (χ1v) is 13.3. The van der Waals surface area contributed by atoms with Gasteiger partial charge < -0.3 is 10.1 Å². The number of hydrogen-bond acceptors (Lipinski definition) is 7. The molecule has 2 N–H and O–H groups in total. The number of amides is 1. The molecule has 10 heteroatoms. The van der Waals surface area contributed by atoms with E-state index in [1.807, 2.05) is 18.7 Å². The first-order chi connectivity index (χ1) is 15.7. The van der Waals surface area contributed by atoms with Crippen molar-refractivity contribution in [2.45, 2.75) is 38.5 Å². The van der Waals surface area contributed by atoms with E-state index in [0.29, 0.717) is 29.6 Å². The van der Waals surface area contributed by atoms with Crippen molar-refractivity contribution < 1.29 is 22.7 Å². The molecular weight excluding hydrogens is 462 g/mol. The number of benzene rings is 1. The number of aryl methyl sites for hydroxylation is 2. The number of hydrogen-bond donors (Lipinski definition) is 2. The average Bonchev–Trinajstić information content (AvgIpc) is 3.13. The van der Waals surface area contributed by atoms with Crippen molar-refractivity contribution in [3.63, 3.8) is 0 Å². The number of piperidine rings is 1. The highest BCUT2D eigenvalue weighted by Gasteiger charge is 2.24. The van der Waals surface area contributed by atoms with E-state index in [4.69, 9.17) is 4.74 Å². The standard InChI is InChI=1S/C23H31N3O5S2/c1-4-31-23(28)22-17(3)12-21(32-22)25-20(27)15-26-11-5-6-18(14-26)13-24-33(29,30)19-9-7-16(2)8-10-19/h7-10,12,18,24H,4-6,11,13-15H2,1-3H3,(H,25,27). The second kappa shape index (κ2) is 11.2. The summed E-state index contributed by atoms with van der Waals surface area (Å²) in [7, 11) is -3.55. The Kier molecular flexibility index (Phi) is 8.63. The molecule has 33 heavy (non-hydrogen) atoms. The molecule has 1 unspecified atom stereocenters. The molecule has 2 heterocycles. The third-order valence-electron chi connectivity index (χ3n) is 5.50. The van der Waals surface area contributed by atoms with Gasteiger partial charge in [-0.25, -0.2) is 17.9 Å². The lowest BCUT2D eigenvalue weighted by Crippen LogP contribution is -2.43. The lowest BCUT2D eigenvalue weighted by molar-refractivity contribution is -0.117. The van der Waals surface area contributed by atoms with Crippen molar-refractivity contribution in [1.82, 2.24) is 9.62 Å². The Hall–Kier alpha value is -2.27. The van der Waals surface area contributed by atoms with Crippen molar-refractivity contribution in [2.24, 2.45) is 5.92 Å². The zero-order valence-corrected chi connectivity index (χ0v) is 20.9. The lowest BCUT2D eigenvalue weighted by Gasteiger charge is -2.32. The average molecular weight is 494 g/mol. The molecule has 0 radical (unpaired) electrons. The maximum absolute atomic E-state index is 12.6. The van der Waals surface area contributed by atoms with Crippen molar-refractivity contribution >= 4 is 38.2 Å². The first-order valence-electron chi connectivity index (χ1n) is 11.0. The molecule has 1 atom stereocenters. The van der Waals surface area contributed by atoms with Crippen LogP contribution < -0.4 is 10.0 Å². The van der Waals surface area contributed by atoms with Crippen LogP contribution >= 0.6 is 11.3 Å². The zero-order chi connectivity index (χ0) is 24.0. The van der Waals surface area contributed by atoms with Crippen molar-refractivity contribution in [3.05, 3.63) is 46.3 Å². The van der Waals surface area contributed by atoms with E-state index in [9.17, 15) is 18.0 Å². The number of rotatable bonds is 9. The molecule has 1 aromatic heterocycles. The molecule has 1 fully saturated rings. The van der Waals surface area contributed by atoms with Crippen LogP contribution in [0.3, 0.4) is 0 Å². The fraction of sp³-hybridized carbons (Fsp3) is 0.478. The maximum Gasteiger partial charge on any atom is 0.348 e. The van der Waals surface area contributed by atoms with Gasteiger partial charge in [-0.15, -0.1) is 11.3 Å². The summed E-state index contributed by atoms with van der Waals surface area (Å²) >= 11 is 1.21. The van der Waals surface area contributed by atoms with Crippen LogP contribution in [0.25, 0.3) is 0 Å². The predicted molar refractivity (Wildman–Crippen MR) is 129 cm³/mol. The summed E-state index contributed by atoms with van der Waals surface area (Å²) < 4.78 is 32.8. The molecule has 1 aliphatic rings. The minimum Gasteiger partial charge on any atom is -0.462 e. The highest BCUT2D eigenvalue weighted by molar-refractivity contribution is 7.89. The molecule has 1 amide bonds. The normalized spacial score (nSPS) is 17.0. The molecule has 0 bridgehead atoms. The number of esters is 1. The van der Waals surface area contributed by atoms with Gasteiger partial charge in [-0.1, -0.05) is 17.7 Å². The minimum absolute atomic E-state index is 0.131. The Morgan fingerprint density at radius 1 is 1.21 bits per heavy atom. The number of sulfonamides is 1. The molecule has 0 aliphatic carbocycles. The largest absolute Gasteiger partial charge is 0.462 e. The molecule has 1 aromatic carbocycles. The summed E-state index contributed by atoms with van der Waals surface area (Å²) in [6.45, 7) is 7.75. The number of thiophene rings is 1. The topological polar surface area (TPSA) is 105 Å². The SMILES string of the molecule is CCOC(=O)c1sc(NC(=O)CN2CCCC(CNS(=O)(=O)c3ccc(C)cc3)C2)cc1C. The van der Waals surface area contributed by atoms with Gasteiger partial charge in [0.05, 0.1) is 23.0 Å². The van der Waals surface area contributed by atoms with Crippen LogP contribution in [0.1, 0.15) is 40.6 Å². The number of nitrogens with zero attached hydrogens (tertiary/aromatic N) is 1. The number of ether oxygens (including phenoxy) is 1. The van der Waals surface area contributed by atoms with Crippen LogP contribution in [0.2, 0.25) is 0 Å². The minimum atomic E-state index is -3.55. The molecular formula is C23H31N3O5S2. The number of carbonyl (C=O) groups excluding carboxylic acids is 2. The molecule has 180 valence electrons. The third-order valence-corrected chi connectivity index (χ3v) is 8.08. The fourth-order valence-corrected chi connectivity index (χ4v) is 5.91. The molecule has 1 aliphatic heterocycles. The van der Waals surface area contributed by atoms with Crippen LogP contribution in [0, 0.1) is 19.8 Å². The maximum atomic E-state index is 12.6. The Morgan fingerprint density at radius 3 is 2.64 bits per heavy atom. The van der Waals surface area contributed by atoms with Gasteiger partial charge in [0, 0.05) is 13.1 Å². The van der Waals surface area contributed by atoms with Crippen LogP contribution in [0.15, 0.2) is 35.2 Å². The van der Waals surface area contributed by atoms with E-state index in [-0.39, 0.29) is 29.2 Å². The monoisotopic (exact) mass is 493 g/mol. The van der Waals surface area contributed by atoms with E-state index >= 15 is 0 Å². The Bertz CT molecular complexity index is 1080. The van der Waals surface area contributed by atoms with E-state index in [2.05, 4.69) is 10.0 Å². The molecule has 0 saturated carbocycles. The first kappa shape index (κ1) is 25.4. The van der Waals surface area contributed by atoms with Gasteiger partial charge >= 0.3 is 5.97 Å². The van der Waals surface area contributed by atoms with Crippen molar-refractivity contribution in [3.8, 4) is 0 Å². The Balaban J connectivity index is 1.50. The summed E-state index contributed by atoms with van der Waals surface area (Å²) in [5.74, 6) is -0.411. The number of carbonyl (C=O) groups is 2. The third kappa shape index (κ3) is 7.10. The van der Waals surface area contributed by atoms with Gasteiger partial charge in [0.1, 0.15) is 4.88 Å². The number of nitrogens with one attached hydrogen (secondary N) is 2. The highest BCUT2D eigenvalue weighted by Crippen LogP contribution is 2.27. The lowest BCUT2D eigenvalue weighted by atomic mass is 9.98. The fourth-order valence-electron chi connectivity index (χ4n) is 3.81. The summed E-state index contributed by atoms with van der Waals surface area (Å²) in [5, 5.41) is 3.47. The van der Waals surface area contributed by atoms with Crippen LogP contribution in [-0.2, 0) is 19.6 Å². The molecule has 8 nitrogen and oxygen atoms in total. The number of likely N-dealkylation sites (tertiary alicyclic amines) is 1. The quantitative estimate of drug-likeness (QED) is 0.520. The van der Waals surface area contributed by atoms with Crippen LogP contribution in [0.4, 0.5) is 5.00 Å². The summed E-state index contributed by atoms with van der Waals surface area (Å²) in [4.78, 5) is 27.3. The van der Waals surface area contributed by atoms with Gasteiger partial charge in [-0.3, -0.25) is 9.69 Å². The molecule has 0 spiro atoms. The Morgan fingerprint density at radius 2 is 1.94 bits per heavy atom. The second-order valence-electron chi connectivity index (χ2n) is 8.30. The summed E-state index contributed by atoms with van der Waals surface area (Å²) in [5.41, 5.74) is 1.78. The van der Waals surface area contributed by atoms with Crippen molar-refractivity contribution in [1.29, 1.82) is 0 Å². The summed E-state index contributed by atoms with van der Waals surface area (Å²) in [6, 6.07) is 8.54. The predicted octanol–water partition coefficient (Wildman–Crippen LogP) is 3.17. The highest BCUT2D eigenvalue weighted by atomic mass is 32.2. The Labute approximate surface area is 199 Å². The summed E-state index contributed by atoms with van der Waals surface area (Å²) in [6.07, 6.45) is 1.80.